The van der Waals surface area contributed by atoms with E-state index in [1.807, 2.05) is 0 Å². The second kappa shape index (κ2) is 7.84. The number of likely N-dealkylation sites (N-methyl/N-ethyl adjacent to an activating group) is 1. The number of halogens is 3. The third-order valence-electron chi connectivity index (χ3n) is 2.80. The Kier molecular flexibility index (Phi) is 6.61. The summed E-state index contributed by atoms with van der Waals surface area (Å²) in [6, 6.07) is 3.87. The topological polar surface area (TPSA) is 75.7 Å². The van der Waals surface area contributed by atoms with Crippen LogP contribution in [0.3, 0.4) is 0 Å². The van der Waals surface area contributed by atoms with Crippen LogP contribution in [-0.4, -0.2) is 44.1 Å². The molecule has 1 N–H and O–H groups in total. The number of amides is 1. The van der Waals surface area contributed by atoms with Crippen molar-refractivity contribution in [2.45, 2.75) is 38.1 Å². The molecule has 0 heterocycles. The molecule has 10 heteroatoms. The Bertz CT molecular complexity index is 675. The maximum absolute atomic E-state index is 12.5. The molecule has 6 nitrogen and oxygen atoms in total. The van der Waals surface area contributed by atoms with Crippen molar-refractivity contribution in [1.29, 1.82) is 0 Å². The molecule has 0 spiro atoms. The molecular weight excluding hydrogens is 349 g/mol. The molecule has 1 aromatic rings. The molecule has 1 amide bonds. The average Bonchev–Trinajstić information content (AvgIpc) is 2.42. The standard InChI is InChI=1S/C14H19F3N2O4S/c1-4-19(9-13(20)18-10(2)3)24(21,22)12-7-5-6-11(8-12)23-14(15,16)17/h5-8,10H,4,9H2,1-3H3,(H,18,20). The van der Waals surface area contributed by atoms with Gasteiger partial charge in [-0.25, -0.2) is 8.42 Å². The van der Waals surface area contributed by atoms with Gasteiger partial charge >= 0.3 is 6.36 Å². The van der Waals surface area contributed by atoms with E-state index >= 15 is 0 Å². The molecule has 1 aromatic carbocycles. The molecule has 0 unspecified atom stereocenters. The summed E-state index contributed by atoms with van der Waals surface area (Å²) in [7, 11) is -4.13. The molecule has 0 aliphatic heterocycles. The first-order chi connectivity index (χ1) is 11.0. The number of carbonyl (C=O) groups is 1. The maximum atomic E-state index is 12.5. The van der Waals surface area contributed by atoms with Gasteiger partial charge in [-0.05, 0) is 26.0 Å². The Morgan fingerprint density at radius 2 is 1.96 bits per heavy atom. The summed E-state index contributed by atoms with van der Waals surface area (Å²) in [5.41, 5.74) is 0. The first-order valence-corrected chi connectivity index (χ1v) is 8.55. The number of nitrogens with zero attached hydrogens (tertiary/aromatic N) is 1. The van der Waals surface area contributed by atoms with Crippen LogP contribution in [0.2, 0.25) is 0 Å². The highest BCUT2D eigenvalue weighted by atomic mass is 32.2. The third kappa shape index (κ3) is 6.00. The lowest BCUT2D eigenvalue weighted by atomic mass is 10.3. The SMILES string of the molecule is CCN(CC(=O)NC(C)C)S(=O)(=O)c1cccc(OC(F)(F)F)c1. The minimum atomic E-state index is -4.93. The Labute approximate surface area is 138 Å². The van der Waals surface area contributed by atoms with E-state index in [0.29, 0.717) is 0 Å². The van der Waals surface area contributed by atoms with Crippen LogP contribution in [0.1, 0.15) is 20.8 Å². The van der Waals surface area contributed by atoms with Crippen molar-refractivity contribution in [1.82, 2.24) is 9.62 Å². The second-order valence-corrected chi connectivity index (χ2v) is 7.11. The van der Waals surface area contributed by atoms with Gasteiger partial charge in [0.1, 0.15) is 5.75 Å². The summed E-state index contributed by atoms with van der Waals surface area (Å²) in [5, 5.41) is 2.56. The van der Waals surface area contributed by atoms with Gasteiger partial charge in [0.15, 0.2) is 0 Å². The molecule has 0 atom stereocenters. The van der Waals surface area contributed by atoms with Gasteiger partial charge < -0.3 is 10.1 Å². The van der Waals surface area contributed by atoms with Gasteiger partial charge in [-0.3, -0.25) is 4.79 Å². The summed E-state index contributed by atoms with van der Waals surface area (Å²) < 4.78 is 66.4. The average molecular weight is 368 g/mol. The normalized spacial score (nSPS) is 12.5. The molecule has 0 aliphatic rings. The maximum Gasteiger partial charge on any atom is 0.573 e. The van der Waals surface area contributed by atoms with Crippen molar-refractivity contribution in [3.63, 3.8) is 0 Å². The molecule has 0 saturated heterocycles. The summed E-state index contributed by atoms with van der Waals surface area (Å²) in [5.74, 6) is -1.15. The van der Waals surface area contributed by atoms with Crippen molar-refractivity contribution in [3.05, 3.63) is 24.3 Å². The number of hydrogen-bond donors (Lipinski definition) is 1. The monoisotopic (exact) mass is 368 g/mol. The van der Waals surface area contributed by atoms with Gasteiger partial charge in [-0.1, -0.05) is 13.0 Å². The summed E-state index contributed by atoms with van der Waals surface area (Å²) in [4.78, 5) is 11.4. The van der Waals surface area contributed by atoms with Crippen molar-refractivity contribution in [2.75, 3.05) is 13.1 Å². The largest absolute Gasteiger partial charge is 0.573 e. The molecule has 0 aliphatic carbocycles. The Morgan fingerprint density at radius 3 is 2.46 bits per heavy atom. The van der Waals surface area contributed by atoms with E-state index in [-0.39, 0.29) is 17.5 Å². The first-order valence-electron chi connectivity index (χ1n) is 7.11. The first kappa shape index (κ1) is 20.2. The number of benzene rings is 1. The second-order valence-electron chi connectivity index (χ2n) is 5.18. The molecule has 1 rings (SSSR count). The number of hydrogen-bond acceptors (Lipinski definition) is 4. The molecule has 0 saturated carbocycles. The molecule has 0 fully saturated rings. The van der Waals surface area contributed by atoms with Crippen molar-refractivity contribution in [2.24, 2.45) is 0 Å². The summed E-state index contributed by atoms with van der Waals surface area (Å²) in [6.45, 7) is 4.52. The fourth-order valence-electron chi connectivity index (χ4n) is 1.88. The van der Waals surface area contributed by atoms with Crippen molar-refractivity contribution < 1.29 is 31.1 Å². The van der Waals surface area contributed by atoms with E-state index < -0.39 is 34.6 Å². The van der Waals surface area contributed by atoms with E-state index in [9.17, 15) is 26.4 Å². The van der Waals surface area contributed by atoms with E-state index in [0.717, 1.165) is 28.6 Å². The third-order valence-corrected chi connectivity index (χ3v) is 4.72. The number of alkyl halides is 3. The minimum absolute atomic E-state index is 0.0157. The Hall–Kier alpha value is -1.81. The van der Waals surface area contributed by atoms with E-state index in [4.69, 9.17) is 0 Å². The fraction of sp³-hybridized carbons (Fsp3) is 0.500. The Balaban J connectivity index is 3.04. The lowest BCUT2D eigenvalue weighted by Crippen LogP contribution is -2.42. The molecule has 0 aromatic heterocycles. The zero-order valence-electron chi connectivity index (χ0n) is 13.4. The lowest BCUT2D eigenvalue weighted by molar-refractivity contribution is -0.274. The van der Waals surface area contributed by atoms with Gasteiger partial charge in [0, 0.05) is 18.7 Å². The Morgan fingerprint density at radius 1 is 1.33 bits per heavy atom. The van der Waals surface area contributed by atoms with E-state index in [1.165, 1.54) is 6.92 Å². The van der Waals surface area contributed by atoms with Gasteiger partial charge in [0.05, 0.1) is 11.4 Å². The smallest absolute Gasteiger partial charge is 0.406 e. The van der Waals surface area contributed by atoms with Crippen molar-refractivity contribution in [3.8, 4) is 5.75 Å². The quantitative estimate of drug-likeness (QED) is 0.800. The van der Waals surface area contributed by atoms with Crippen LogP contribution in [0, 0.1) is 0 Å². The number of carbonyl (C=O) groups excluding carboxylic acids is 1. The van der Waals surface area contributed by atoms with Crippen LogP contribution in [0.25, 0.3) is 0 Å². The van der Waals surface area contributed by atoms with Crippen LogP contribution in [0.4, 0.5) is 13.2 Å². The summed E-state index contributed by atoms with van der Waals surface area (Å²) in [6.07, 6.45) is -4.93. The van der Waals surface area contributed by atoms with E-state index in [1.54, 1.807) is 13.8 Å². The highest BCUT2D eigenvalue weighted by Crippen LogP contribution is 2.26. The van der Waals surface area contributed by atoms with Crippen LogP contribution < -0.4 is 10.1 Å². The van der Waals surface area contributed by atoms with Gasteiger partial charge in [0.25, 0.3) is 0 Å². The van der Waals surface area contributed by atoms with E-state index in [2.05, 4.69) is 10.1 Å². The van der Waals surface area contributed by atoms with Gasteiger partial charge in [-0.15, -0.1) is 13.2 Å². The predicted molar refractivity (Wildman–Crippen MR) is 80.8 cm³/mol. The summed E-state index contributed by atoms with van der Waals surface area (Å²) >= 11 is 0. The van der Waals surface area contributed by atoms with Crippen molar-refractivity contribution >= 4 is 15.9 Å². The van der Waals surface area contributed by atoms with Crippen LogP contribution in [-0.2, 0) is 14.8 Å². The molecule has 24 heavy (non-hydrogen) atoms. The molecule has 0 radical (unpaired) electrons. The number of ether oxygens (including phenoxy) is 1. The molecule has 136 valence electrons. The highest BCUT2D eigenvalue weighted by molar-refractivity contribution is 7.89. The number of sulfonamides is 1. The van der Waals surface area contributed by atoms with Crippen LogP contribution >= 0.6 is 0 Å². The van der Waals surface area contributed by atoms with Gasteiger partial charge in [0.2, 0.25) is 15.9 Å². The van der Waals surface area contributed by atoms with Crippen LogP contribution in [0.5, 0.6) is 5.75 Å². The zero-order valence-corrected chi connectivity index (χ0v) is 14.2. The fourth-order valence-corrected chi connectivity index (χ4v) is 3.32. The van der Waals surface area contributed by atoms with Crippen LogP contribution in [0.15, 0.2) is 29.2 Å². The zero-order chi connectivity index (χ0) is 18.5. The molecular formula is C14H19F3N2O4S. The minimum Gasteiger partial charge on any atom is -0.406 e. The number of nitrogens with one attached hydrogen (secondary N) is 1. The number of rotatable bonds is 7. The molecule has 0 bridgehead atoms. The predicted octanol–water partition coefficient (Wildman–Crippen LogP) is 2.12. The highest BCUT2D eigenvalue weighted by Gasteiger charge is 2.32. The lowest BCUT2D eigenvalue weighted by Gasteiger charge is -2.21. The van der Waals surface area contributed by atoms with Gasteiger partial charge in [-0.2, -0.15) is 4.31 Å².